The van der Waals surface area contributed by atoms with E-state index in [2.05, 4.69) is 10.3 Å². The van der Waals surface area contributed by atoms with Gasteiger partial charge in [-0.25, -0.2) is 9.48 Å². The largest absolute Gasteiger partial charge is 0.410 e. The molecule has 0 spiro atoms. The number of carbonyl (C=O) groups excluding carboxylic acids is 1. The van der Waals surface area contributed by atoms with E-state index in [0.29, 0.717) is 18.0 Å². The number of nitrogens with zero attached hydrogens (tertiary/aromatic N) is 3. The predicted octanol–water partition coefficient (Wildman–Crippen LogP) is 2.76. The summed E-state index contributed by atoms with van der Waals surface area (Å²) in [4.78, 5) is 10.9. The second-order valence-corrected chi connectivity index (χ2v) is 5.18. The molecule has 0 fully saturated rings. The molecule has 6 heteroatoms. The summed E-state index contributed by atoms with van der Waals surface area (Å²) in [7, 11) is 0. The lowest BCUT2D eigenvalue weighted by atomic mass is 10.1. The van der Waals surface area contributed by atoms with Crippen molar-refractivity contribution >= 4 is 6.09 Å². The van der Waals surface area contributed by atoms with E-state index >= 15 is 0 Å². The lowest BCUT2D eigenvalue weighted by Gasteiger charge is -2.05. The first-order valence-corrected chi connectivity index (χ1v) is 7.14. The van der Waals surface area contributed by atoms with Gasteiger partial charge >= 0.3 is 6.09 Å². The zero-order valence-corrected chi connectivity index (χ0v) is 12.6. The molecule has 0 bridgehead atoms. The van der Waals surface area contributed by atoms with Crippen LogP contribution < -0.4 is 10.5 Å². The SMILES string of the molecule is Cc1ccc(OC(N)=O)cc1-c1cn(Cc2ccccc2)nn1. The first-order chi connectivity index (χ1) is 11.1. The van der Waals surface area contributed by atoms with Gasteiger partial charge in [-0.15, -0.1) is 5.10 Å². The summed E-state index contributed by atoms with van der Waals surface area (Å²) in [5, 5.41) is 8.36. The summed E-state index contributed by atoms with van der Waals surface area (Å²) in [5.74, 6) is 0.385. The first-order valence-electron chi connectivity index (χ1n) is 7.14. The third-order valence-electron chi connectivity index (χ3n) is 3.43. The molecule has 0 aliphatic rings. The highest BCUT2D eigenvalue weighted by Crippen LogP contribution is 2.26. The maximum absolute atomic E-state index is 10.9. The van der Waals surface area contributed by atoms with Gasteiger partial charge in [-0.05, 0) is 30.2 Å². The van der Waals surface area contributed by atoms with Crippen LogP contribution in [0.5, 0.6) is 5.75 Å². The van der Waals surface area contributed by atoms with Gasteiger partial charge in [-0.1, -0.05) is 41.6 Å². The van der Waals surface area contributed by atoms with Crippen molar-refractivity contribution in [2.45, 2.75) is 13.5 Å². The number of nitrogens with two attached hydrogens (primary N) is 1. The molecule has 3 rings (SSSR count). The highest BCUT2D eigenvalue weighted by atomic mass is 16.5. The molecule has 0 aliphatic carbocycles. The van der Waals surface area contributed by atoms with E-state index in [1.54, 1.807) is 16.8 Å². The van der Waals surface area contributed by atoms with E-state index in [-0.39, 0.29) is 0 Å². The quantitative estimate of drug-likeness (QED) is 0.803. The second kappa shape index (κ2) is 6.31. The Morgan fingerprint density at radius 2 is 2.00 bits per heavy atom. The van der Waals surface area contributed by atoms with Crippen LogP contribution in [0.1, 0.15) is 11.1 Å². The standard InChI is InChI=1S/C17H16N4O2/c1-12-7-8-14(23-17(18)22)9-15(12)16-11-21(20-19-16)10-13-5-3-2-4-6-13/h2-9,11H,10H2,1H3,(H2,18,22). The Kier molecular flexibility index (Phi) is 4.05. The number of amides is 1. The second-order valence-electron chi connectivity index (χ2n) is 5.18. The Balaban J connectivity index is 1.86. The van der Waals surface area contributed by atoms with Crippen molar-refractivity contribution in [1.82, 2.24) is 15.0 Å². The van der Waals surface area contributed by atoms with Gasteiger partial charge in [0.25, 0.3) is 0 Å². The summed E-state index contributed by atoms with van der Waals surface area (Å²) in [5.41, 5.74) is 8.77. The lowest BCUT2D eigenvalue weighted by Crippen LogP contribution is -2.16. The number of hydrogen-bond donors (Lipinski definition) is 1. The average Bonchev–Trinajstić information content (AvgIpc) is 2.98. The van der Waals surface area contributed by atoms with Gasteiger partial charge in [-0.2, -0.15) is 0 Å². The normalized spacial score (nSPS) is 10.5. The van der Waals surface area contributed by atoms with E-state index in [0.717, 1.165) is 16.7 Å². The smallest absolute Gasteiger partial charge is 0.409 e. The van der Waals surface area contributed by atoms with Crippen LogP contribution in [0.2, 0.25) is 0 Å². The molecule has 0 saturated heterocycles. The van der Waals surface area contributed by atoms with Gasteiger partial charge in [0.15, 0.2) is 0 Å². The van der Waals surface area contributed by atoms with Crippen LogP contribution in [-0.4, -0.2) is 21.1 Å². The Labute approximate surface area is 133 Å². The highest BCUT2D eigenvalue weighted by Gasteiger charge is 2.10. The highest BCUT2D eigenvalue weighted by molar-refractivity contribution is 5.70. The van der Waals surface area contributed by atoms with Gasteiger partial charge in [0.2, 0.25) is 0 Å². The Morgan fingerprint density at radius 1 is 1.22 bits per heavy atom. The third-order valence-corrected chi connectivity index (χ3v) is 3.43. The zero-order chi connectivity index (χ0) is 16.2. The topological polar surface area (TPSA) is 83.0 Å². The number of hydrogen-bond acceptors (Lipinski definition) is 4. The van der Waals surface area contributed by atoms with Gasteiger partial charge in [-0.3, -0.25) is 0 Å². The molecule has 0 aliphatic heterocycles. The van der Waals surface area contributed by atoms with Crippen LogP contribution in [0.15, 0.2) is 54.7 Å². The number of carbonyl (C=O) groups is 1. The molecule has 116 valence electrons. The summed E-state index contributed by atoms with van der Waals surface area (Å²) >= 11 is 0. The number of benzene rings is 2. The maximum atomic E-state index is 10.9. The molecule has 0 atom stereocenters. The molecule has 0 radical (unpaired) electrons. The fraction of sp³-hybridized carbons (Fsp3) is 0.118. The average molecular weight is 308 g/mol. The molecular formula is C17H16N4O2. The lowest BCUT2D eigenvalue weighted by molar-refractivity contribution is 0.211. The minimum atomic E-state index is -0.840. The van der Waals surface area contributed by atoms with Crippen molar-refractivity contribution in [3.05, 3.63) is 65.9 Å². The molecule has 1 amide bonds. The number of rotatable bonds is 4. The van der Waals surface area contributed by atoms with Crippen LogP contribution >= 0.6 is 0 Å². The van der Waals surface area contributed by atoms with E-state index in [9.17, 15) is 4.79 Å². The molecule has 1 aromatic heterocycles. The van der Waals surface area contributed by atoms with Crippen molar-refractivity contribution < 1.29 is 9.53 Å². The molecule has 3 aromatic rings. The van der Waals surface area contributed by atoms with Crippen LogP contribution in [0.25, 0.3) is 11.3 Å². The molecule has 2 N–H and O–H groups in total. The van der Waals surface area contributed by atoms with Crippen LogP contribution in [0.4, 0.5) is 4.79 Å². The zero-order valence-electron chi connectivity index (χ0n) is 12.6. The van der Waals surface area contributed by atoms with E-state index in [1.807, 2.05) is 49.5 Å². The van der Waals surface area contributed by atoms with Crippen LogP contribution in [0, 0.1) is 6.92 Å². The molecule has 0 saturated carbocycles. The summed E-state index contributed by atoms with van der Waals surface area (Å²) in [6.07, 6.45) is 1.02. The van der Waals surface area contributed by atoms with Crippen LogP contribution in [0.3, 0.4) is 0 Å². The molecule has 2 aromatic carbocycles. The van der Waals surface area contributed by atoms with Gasteiger partial charge in [0, 0.05) is 5.56 Å². The number of aryl methyl sites for hydroxylation is 1. The Morgan fingerprint density at radius 3 is 2.74 bits per heavy atom. The summed E-state index contributed by atoms with van der Waals surface area (Å²) in [6, 6.07) is 15.3. The molecule has 0 unspecified atom stereocenters. The monoisotopic (exact) mass is 308 g/mol. The van der Waals surface area contributed by atoms with Crippen molar-refractivity contribution in [3.63, 3.8) is 0 Å². The molecule has 6 nitrogen and oxygen atoms in total. The van der Waals surface area contributed by atoms with Gasteiger partial charge in [0.1, 0.15) is 11.4 Å². The number of aromatic nitrogens is 3. The van der Waals surface area contributed by atoms with E-state index in [1.165, 1.54) is 0 Å². The Hall–Kier alpha value is -3.15. The van der Waals surface area contributed by atoms with Crippen molar-refractivity contribution in [2.75, 3.05) is 0 Å². The number of primary amides is 1. The maximum Gasteiger partial charge on any atom is 0.409 e. The van der Waals surface area contributed by atoms with Crippen LogP contribution in [-0.2, 0) is 6.54 Å². The van der Waals surface area contributed by atoms with Crippen molar-refractivity contribution in [2.24, 2.45) is 5.73 Å². The first kappa shape index (κ1) is 14.8. The van der Waals surface area contributed by atoms with Gasteiger partial charge in [0.05, 0.1) is 12.7 Å². The molecule has 23 heavy (non-hydrogen) atoms. The predicted molar refractivity (Wildman–Crippen MR) is 86.0 cm³/mol. The Bertz CT molecular complexity index is 828. The number of ether oxygens (including phenoxy) is 1. The van der Waals surface area contributed by atoms with E-state index in [4.69, 9.17) is 10.5 Å². The van der Waals surface area contributed by atoms with Gasteiger partial charge < -0.3 is 10.5 Å². The molecule has 1 heterocycles. The fourth-order valence-corrected chi connectivity index (χ4v) is 2.33. The summed E-state index contributed by atoms with van der Waals surface area (Å²) in [6.45, 7) is 2.60. The minimum absolute atomic E-state index is 0.385. The third kappa shape index (κ3) is 3.55. The van der Waals surface area contributed by atoms with Crippen molar-refractivity contribution in [1.29, 1.82) is 0 Å². The van der Waals surface area contributed by atoms with E-state index < -0.39 is 6.09 Å². The minimum Gasteiger partial charge on any atom is -0.410 e. The van der Waals surface area contributed by atoms with Crippen molar-refractivity contribution in [3.8, 4) is 17.0 Å². The fourth-order valence-electron chi connectivity index (χ4n) is 2.33. The molecular weight excluding hydrogens is 292 g/mol. The summed E-state index contributed by atoms with van der Waals surface area (Å²) < 4.78 is 6.69.